The van der Waals surface area contributed by atoms with E-state index in [4.69, 9.17) is 0 Å². The maximum Gasteiger partial charge on any atom is 0.237 e. The predicted molar refractivity (Wildman–Crippen MR) is 96.1 cm³/mol. The molecule has 0 unspecified atom stereocenters. The van der Waals surface area contributed by atoms with Crippen LogP contribution in [-0.4, -0.2) is 18.5 Å². The second-order valence-electron chi connectivity index (χ2n) is 5.87. The number of hydrogen-bond acceptors (Lipinski definition) is 2. The van der Waals surface area contributed by atoms with Gasteiger partial charge in [-0.15, -0.1) is 0 Å². The number of carbonyl (C=O) groups excluding carboxylic acids is 1. The van der Waals surface area contributed by atoms with Crippen molar-refractivity contribution in [1.82, 2.24) is 10.6 Å². The fraction of sp³-hybridized carbons (Fsp3) is 0.350. The Kier molecular flexibility index (Phi) is 6.82. The molecule has 0 saturated carbocycles. The molecule has 0 bridgehead atoms. The molecule has 0 spiro atoms. The molecule has 122 valence electrons. The molecule has 1 amide bonds. The van der Waals surface area contributed by atoms with E-state index in [0.717, 1.165) is 30.5 Å². The molecule has 0 radical (unpaired) electrons. The van der Waals surface area contributed by atoms with Crippen molar-refractivity contribution < 1.29 is 4.79 Å². The number of nitrogens with one attached hydrogen (secondary N) is 2. The summed E-state index contributed by atoms with van der Waals surface area (Å²) in [5.74, 6) is 0.0848. The third kappa shape index (κ3) is 5.53. The van der Waals surface area contributed by atoms with E-state index in [-0.39, 0.29) is 18.0 Å². The maximum atomic E-state index is 12.4. The van der Waals surface area contributed by atoms with Crippen molar-refractivity contribution in [3.05, 3.63) is 72.4 Å². The molecule has 3 nitrogen and oxygen atoms in total. The monoisotopic (exact) mass is 310 g/mol. The Bertz CT molecular complexity index is 569. The SMILES string of the molecule is C=C(/C=C\C=C/C)C[C@H](NC(=O)[C@@H]1CCCN1)c1ccccc1. The van der Waals surface area contributed by atoms with Crippen LogP contribution in [0.3, 0.4) is 0 Å². The van der Waals surface area contributed by atoms with Crippen LogP contribution in [0, 0.1) is 0 Å². The van der Waals surface area contributed by atoms with E-state index < -0.39 is 0 Å². The first kappa shape index (κ1) is 17.2. The molecule has 1 fully saturated rings. The first-order chi connectivity index (χ1) is 11.2. The summed E-state index contributed by atoms with van der Waals surface area (Å²) in [7, 11) is 0. The van der Waals surface area contributed by atoms with Crippen molar-refractivity contribution in [3.63, 3.8) is 0 Å². The normalized spacial score (nSPS) is 19.3. The van der Waals surface area contributed by atoms with Crippen LogP contribution in [0.2, 0.25) is 0 Å². The Labute approximate surface area is 139 Å². The summed E-state index contributed by atoms with van der Waals surface area (Å²) < 4.78 is 0. The van der Waals surface area contributed by atoms with Gasteiger partial charge in [-0.1, -0.05) is 66.8 Å². The van der Waals surface area contributed by atoms with Crippen LogP contribution in [0.4, 0.5) is 0 Å². The minimum Gasteiger partial charge on any atom is -0.348 e. The van der Waals surface area contributed by atoms with Crippen LogP contribution < -0.4 is 10.6 Å². The van der Waals surface area contributed by atoms with Gasteiger partial charge in [0.15, 0.2) is 0 Å². The lowest BCUT2D eigenvalue weighted by molar-refractivity contribution is -0.123. The lowest BCUT2D eigenvalue weighted by atomic mass is 9.98. The first-order valence-electron chi connectivity index (χ1n) is 8.26. The number of amides is 1. The number of carbonyl (C=O) groups is 1. The molecular weight excluding hydrogens is 284 g/mol. The van der Waals surface area contributed by atoms with Gasteiger partial charge in [-0.05, 0) is 38.3 Å². The molecule has 3 heteroatoms. The summed E-state index contributed by atoms with van der Waals surface area (Å²) in [6, 6.07) is 9.98. The molecule has 1 aliphatic heterocycles. The van der Waals surface area contributed by atoms with E-state index in [1.807, 2.05) is 49.4 Å². The molecule has 1 aliphatic rings. The van der Waals surface area contributed by atoms with Crippen LogP contribution in [0.15, 0.2) is 66.8 Å². The van der Waals surface area contributed by atoms with Crippen LogP contribution in [-0.2, 0) is 4.79 Å². The maximum absolute atomic E-state index is 12.4. The second kappa shape index (κ2) is 9.11. The number of benzene rings is 1. The molecule has 2 atom stereocenters. The average molecular weight is 310 g/mol. The highest BCUT2D eigenvalue weighted by molar-refractivity contribution is 5.82. The molecule has 0 aliphatic carbocycles. The molecule has 0 aromatic heterocycles. The van der Waals surface area contributed by atoms with Crippen LogP contribution in [0.1, 0.15) is 37.8 Å². The zero-order valence-electron chi connectivity index (χ0n) is 13.8. The lowest BCUT2D eigenvalue weighted by Gasteiger charge is -2.22. The molecule has 23 heavy (non-hydrogen) atoms. The molecule has 2 rings (SSSR count). The zero-order valence-corrected chi connectivity index (χ0v) is 13.8. The van der Waals surface area contributed by atoms with E-state index in [1.54, 1.807) is 0 Å². The van der Waals surface area contributed by atoms with Gasteiger partial charge < -0.3 is 10.6 Å². The molecule has 2 N–H and O–H groups in total. The largest absolute Gasteiger partial charge is 0.348 e. The van der Waals surface area contributed by atoms with Gasteiger partial charge >= 0.3 is 0 Å². The predicted octanol–water partition coefficient (Wildman–Crippen LogP) is 3.67. The van der Waals surface area contributed by atoms with Crippen LogP contribution in [0.5, 0.6) is 0 Å². The highest BCUT2D eigenvalue weighted by Gasteiger charge is 2.24. The lowest BCUT2D eigenvalue weighted by Crippen LogP contribution is -2.42. The molecule has 1 saturated heterocycles. The topological polar surface area (TPSA) is 41.1 Å². The Balaban J connectivity index is 2.05. The van der Waals surface area contributed by atoms with Gasteiger partial charge in [-0.2, -0.15) is 0 Å². The fourth-order valence-electron chi connectivity index (χ4n) is 2.75. The number of rotatable bonds is 7. The van der Waals surface area contributed by atoms with Crippen LogP contribution in [0.25, 0.3) is 0 Å². The summed E-state index contributed by atoms with van der Waals surface area (Å²) in [5, 5.41) is 6.43. The van der Waals surface area contributed by atoms with Gasteiger partial charge in [-0.25, -0.2) is 0 Å². The van der Waals surface area contributed by atoms with Crippen molar-refractivity contribution in [3.8, 4) is 0 Å². The number of hydrogen-bond donors (Lipinski definition) is 2. The smallest absolute Gasteiger partial charge is 0.237 e. The Hall–Kier alpha value is -2.13. The summed E-state index contributed by atoms with van der Waals surface area (Å²) in [5.41, 5.74) is 2.11. The van der Waals surface area contributed by atoms with E-state index >= 15 is 0 Å². The van der Waals surface area contributed by atoms with Gasteiger partial charge in [-0.3, -0.25) is 4.79 Å². The molecule has 1 aromatic rings. The summed E-state index contributed by atoms with van der Waals surface area (Å²) in [4.78, 5) is 12.4. The minimum absolute atomic E-state index is 0.0474. The quantitative estimate of drug-likeness (QED) is 0.754. The summed E-state index contributed by atoms with van der Waals surface area (Å²) in [6.07, 6.45) is 10.6. The zero-order chi connectivity index (χ0) is 16.5. The Morgan fingerprint density at radius 2 is 2.17 bits per heavy atom. The van der Waals surface area contributed by atoms with E-state index in [1.165, 1.54) is 0 Å². The Morgan fingerprint density at radius 3 is 2.83 bits per heavy atom. The third-order valence-electron chi connectivity index (χ3n) is 4.00. The van der Waals surface area contributed by atoms with Crippen LogP contribution >= 0.6 is 0 Å². The van der Waals surface area contributed by atoms with Crippen molar-refractivity contribution in [1.29, 1.82) is 0 Å². The minimum atomic E-state index is -0.0620. The molecular formula is C20H26N2O. The van der Waals surface area contributed by atoms with Gasteiger partial charge in [0.2, 0.25) is 5.91 Å². The number of allylic oxidation sites excluding steroid dienone is 4. The van der Waals surface area contributed by atoms with Gasteiger partial charge in [0, 0.05) is 0 Å². The summed E-state index contributed by atoms with van der Waals surface area (Å²) in [6.45, 7) is 7.01. The first-order valence-corrected chi connectivity index (χ1v) is 8.26. The van der Waals surface area contributed by atoms with E-state index in [9.17, 15) is 4.79 Å². The van der Waals surface area contributed by atoms with Crippen molar-refractivity contribution in [2.24, 2.45) is 0 Å². The highest BCUT2D eigenvalue weighted by atomic mass is 16.2. The van der Waals surface area contributed by atoms with Gasteiger partial charge in [0.1, 0.15) is 0 Å². The average Bonchev–Trinajstić information content (AvgIpc) is 3.10. The summed E-state index contributed by atoms with van der Waals surface area (Å²) >= 11 is 0. The van der Waals surface area contributed by atoms with Gasteiger partial charge in [0.25, 0.3) is 0 Å². The van der Waals surface area contributed by atoms with Gasteiger partial charge in [0.05, 0.1) is 12.1 Å². The van der Waals surface area contributed by atoms with Crippen molar-refractivity contribution >= 4 is 5.91 Å². The molecule has 1 aromatic carbocycles. The Morgan fingerprint density at radius 1 is 1.39 bits per heavy atom. The second-order valence-corrected chi connectivity index (χ2v) is 5.87. The highest BCUT2D eigenvalue weighted by Crippen LogP contribution is 2.22. The standard InChI is InChI=1S/C20H26N2O/c1-3-4-6-10-16(2)15-19(17-11-7-5-8-12-17)22-20(23)18-13-9-14-21-18/h3-8,10-12,18-19,21H,2,9,13-15H2,1H3,(H,22,23)/b4-3-,10-6-/t18-,19-/m0/s1. The third-order valence-corrected chi connectivity index (χ3v) is 4.00. The van der Waals surface area contributed by atoms with Crippen molar-refractivity contribution in [2.75, 3.05) is 6.54 Å². The van der Waals surface area contributed by atoms with Crippen molar-refractivity contribution in [2.45, 2.75) is 38.3 Å². The fourth-order valence-corrected chi connectivity index (χ4v) is 2.75. The van der Waals surface area contributed by atoms with E-state index in [2.05, 4.69) is 29.3 Å². The van der Waals surface area contributed by atoms with E-state index in [0.29, 0.717) is 6.42 Å². The molecule has 1 heterocycles.